The summed E-state index contributed by atoms with van der Waals surface area (Å²) >= 11 is 0. The van der Waals surface area contributed by atoms with E-state index in [1.807, 2.05) is 18.2 Å². The Balaban J connectivity index is 1.47. The van der Waals surface area contributed by atoms with Crippen LogP contribution >= 0.6 is 0 Å². The van der Waals surface area contributed by atoms with Gasteiger partial charge >= 0.3 is 0 Å². The van der Waals surface area contributed by atoms with Gasteiger partial charge in [0.2, 0.25) is 0 Å². The molecule has 0 spiro atoms. The highest BCUT2D eigenvalue weighted by Crippen LogP contribution is 2.26. The average molecular weight is 388 g/mol. The van der Waals surface area contributed by atoms with Crippen molar-refractivity contribution in [2.75, 3.05) is 6.61 Å². The molecule has 1 heterocycles. The molecular weight excluding hydrogens is 363 g/mol. The fourth-order valence-electron chi connectivity index (χ4n) is 3.69. The summed E-state index contributed by atoms with van der Waals surface area (Å²) in [5.41, 5.74) is 5.32. The number of aromatic nitrogens is 2. The summed E-state index contributed by atoms with van der Waals surface area (Å²) in [7, 11) is 0. The number of ether oxygens (including phenoxy) is 1. The molecule has 0 saturated carbocycles. The third-order valence-electron chi connectivity index (χ3n) is 5.19. The van der Waals surface area contributed by atoms with Crippen molar-refractivity contribution < 1.29 is 9.13 Å². The van der Waals surface area contributed by atoms with E-state index in [1.165, 1.54) is 23.3 Å². The summed E-state index contributed by atoms with van der Waals surface area (Å²) in [5, 5.41) is 0. The van der Waals surface area contributed by atoms with E-state index < -0.39 is 0 Å². The normalized spacial score (nSPS) is 11.1. The van der Waals surface area contributed by atoms with E-state index >= 15 is 0 Å². The van der Waals surface area contributed by atoms with Crippen LogP contribution in [0.3, 0.4) is 0 Å². The molecule has 0 aliphatic heterocycles. The molecule has 3 aromatic carbocycles. The predicted octanol–water partition coefficient (Wildman–Crippen LogP) is 6.32. The molecule has 0 radical (unpaired) electrons. The van der Waals surface area contributed by atoms with E-state index in [4.69, 9.17) is 9.72 Å². The Hall–Kier alpha value is -3.14. The van der Waals surface area contributed by atoms with Crippen molar-refractivity contribution in [1.82, 2.24) is 9.55 Å². The van der Waals surface area contributed by atoms with E-state index in [0.717, 1.165) is 47.6 Å². The zero-order chi connectivity index (χ0) is 20.2. The van der Waals surface area contributed by atoms with Crippen molar-refractivity contribution >= 4 is 11.0 Å². The molecule has 0 saturated heterocycles. The first-order valence-electron chi connectivity index (χ1n) is 10.0. The molecule has 0 aliphatic carbocycles. The number of para-hydroxylation sites is 3. The van der Waals surface area contributed by atoms with Gasteiger partial charge in [-0.3, -0.25) is 0 Å². The van der Waals surface area contributed by atoms with Gasteiger partial charge in [0, 0.05) is 12.1 Å². The SMILES string of the molecule is Cc1cccc(C)c1OCCCCn1c(-c2ccc(F)cc2)nc2ccccc21. The fraction of sp³-hybridized carbons (Fsp3) is 0.240. The van der Waals surface area contributed by atoms with Gasteiger partial charge < -0.3 is 9.30 Å². The molecule has 4 rings (SSSR count). The maximum absolute atomic E-state index is 13.4. The Morgan fingerprint density at radius 2 is 1.59 bits per heavy atom. The number of aryl methyl sites for hydroxylation is 3. The van der Waals surface area contributed by atoms with E-state index in [-0.39, 0.29) is 5.82 Å². The molecule has 4 aromatic rings. The van der Waals surface area contributed by atoms with Crippen LogP contribution < -0.4 is 4.74 Å². The first kappa shape index (κ1) is 19.2. The van der Waals surface area contributed by atoms with Crippen LogP contribution in [0.1, 0.15) is 24.0 Å². The number of unbranched alkanes of at least 4 members (excludes halogenated alkanes) is 1. The molecule has 0 unspecified atom stereocenters. The second-order valence-electron chi connectivity index (χ2n) is 7.36. The van der Waals surface area contributed by atoms with Gasteiger partial charge in [0.05, 0.1) is 17.6 Å². The van der Waals surface area contributed by atoms with Gasteiger partial charge in [-0.25, -0.2) is 9.37 Å². The number of imidazole rings is 1. The number of benzene rings is 3. The Labute approximate surface area is 170 Å². The van der Waals surface area contributed by atoms with Crippen molar-refractivity contribution in [3.05, 3.63) is 83.7 Å². The smallest absolute Gasteiger partial charge is 0.141 e. The third-order valence-corrected chi connectivity index (χ3v) is 5.19. The number of hydrogen-bond donors (Lipinski definition) is 0. The fourth-order valence-corrected chi connectivity index (χ4v) is 3.69. The topological polar surface area (TPSA) is 27.1 Å². The van der Waals surface area contributed by atoms with Gasteiger partial charge in [0.15, 0.2) is 0 Å². The molecule has 0 aliphatic rings. The summed E-state index contributed by atoms with van der Waals surface area (Å²) in [4.78, 5) is 4.79. The molecular formula is C25H25FN2O. The first-order valence-corrected chi connectivity index (χ1v) is 10.0. The molecule has 0 bridgehead atoms. The van der Waals surface area contributed by atoms with Crippen LogP contribution in [0.5, 0.6) is 5.75 Å². The molecule has 0 amide bonds. The molecule has 4 heteroatoms. The lowest BCUT2D eigenvalue weighted by Gasteiger charge is -2.13. The minimum absolute atomic E-state index is 0.236. The molecule has 29 heavy (non-hydrogen) atoms. The van der Waals surface area contributed by atoms with E-state index in [9.17, 15) is 4.39 Å². The van der Waals surface area contributed by atoms with Crippen LogP contribution in [-0.2, 0) is 6.54 Å². The standard InChI is InChI=1S/C25H25FN2O/c1-18-8-7-9-19(2)24(18)29-17-6-5-16-28-23-11-4-3-10-22(23)27-25(28)20-12-14-21(26)15-13-20/h3-4,7-15H,5-6,16-17H2,1-2H3. The highest BCUT2D eigenvalue weighted by molar-refractivity contribution is 5.80. The van der Waals surface area contributed by atoms with Gasteiger partial charge in [0.1, 0.15) is 17.4 Å². The second-order valence-corrected chi connectivity index (χ2v) is 7.36. The van der Waals surface area contributed by atoms with E-state index in [2.05, 4.69) is 42.7 Å². The van der Waals surface area contributed by atoms with Crippen LogP contribution in [0.15, 0.2) is 66.7 Å². The average Bonchev–Trinajstić information content (AvgIpc) is 3.09. The van der Waals surface area contributed by atoms with Crippen LogP contribution in [0.4, 0.5) is 4.39 Å². The molecule has 0 atom stereocenters. The molecule has 3 nitrogen and oxygen atoms in total. The van der Waals surface area contributed by atoms with Gasteiger partial charge in [0.25, 0.3) is 0 Å². The first-order chi connectivity index (χ1) is 14.1. The van der Waals surface area contributed by atoms with Crippen molar-refractivity contribution in [3.8, 4) is 17.1 Å². The monoisotopic (exact) mass is 388 g/mol. The summed E-state index contributed by atoms with van der Waals surface area (Å²) in [6.07, 6.45) is 1.92. The van der Waals surface area contributed by atoms with Crippen LogP contribution in [0.2, 0.25) is 0 Å². The highest BCUT2D eigenvalue weighted by atomic mass is 19.1. The van der Waals surface area contributed by atoms with Crippen LogP contribution in [0, 0.1) is 19.7 Å². The highest BCUT2D eigenvalue weighted by Gasteiger charge is 2.12. The second kappa shape index (κ2) is 8.48. The lowest BCUT2D eigenvalue weighted by atomic mass is 10.1. The Morgan fingerprint density at radius 3 is 2.34 bits per heavy atom. The lowest BCUT2D eigenvalue weighted by molar-refractivity contribution is 0.300. The van der Waals surface area contributed by atoms with E-state index in [0.29, 0.717) is 6.61 Å². The minimum Gasteiger partial charge on any atom is -0.493 e. The largest absolute Gasteiger partial charge is 0.493 e. The van der Waals surface area contributed by atoms with Crippen molar-refractivity contribution in [1.29, 1.82) is 0 Å². The Kier molecular flexibility index (Phi) is 5.61. The van der Waals surface area contributed by atoms with Crippen molar-refractivity contribution in [2.45, 2.75) is 33.2 Å². The Bertz CT molecular complexity index is 1100. The third kappa shape index (κ3) is 4.16. The van der Waals surface area contributed by atoms with Crippen molar-refractivity contribution in [3.63, 3.8) is 0 Å². The zero-order valence-corrected chi connectivity index (χ0v) is 16.9. The molecule has 0 N–H and O–H groups in total. The summed E-state index contributed by atoms with van der Waals surface area (Å²) < 4.78 is 21.6. The van der Waals surface area contributed by atoms with Gasteiger partial charge in [-0.15, -0.1) is 0 Å². The molecule has 0 fully saturated rings. The summed E-state index contributed by atoms with van der Waals surface area (Å²) in [5.74, 6) is 1.63. The minimum atomic E-state index is -0.236. The van der Waals surface area contributed by atoms with Crippen molar-refractivity contribution in [2.24, 2.45) is 0 Å². The van der Waals surface area contributed by atoms with Gasteiger partial charge in [-0.2, -0.15) is 0 Å². The number of fused-ring (bicyclic) bond motifs is 1. The lowest BCUT2D eigenvalue weighted by Crippen LogP contribution is -2.05. The van der Waals surface area contributed by atoms with Crippen LogP contribution in [0.25, 0.3) is 22.4 Å². The van der Waals surface area contributed by atoms with E-state index in [1.54, 1.807) is 12.1 Å². The predicted molar refractivity (Wildman–Crippen MR) is 116 cm³/mol. The number of rotatable bonds is 7. The maximum Gasteiger partial charge on any atom is 0.141 e. The summed E-state index contributed by atoms with van der Waals surface area (Å²) in [6, 6.07) is 20.9. The molecule has 1 aromatic heterocycles. The maximum atomic E-state index is 13.4. The summed E-state index contributed by atoms with van der Waals surface area (Å²) in [6.45, 7) is 5.68. The van der Waals surface area contributed by atoms with Gasteiger partial charge in [-0.05, 0) is 74.2 Å². The zero-order valence-electron chi connectivity index (χ0n) is 16.9. The Morgan fingerprint density at radius 1 is 0.862 bits per heavy atom. The number of hydrogen-bond acceptors (Lipinski definition) is 2. The van der Waals surface area contributed by atoms with Crippen LogP contribution in [-0.4, -0.2) is 16.2 Å². The quantitative estimate of drug-likeness (QED) is 0.347. The molecule has 148 valence electrons. The number of halogens is 1. The van der Waals surface area contributed by atoms with Gasteiger partial charge in [-0.1, -0.05) is 30.3 Å². The number of nitrogens with zero attached hydrogens (tertiary/aromatic N) is 2.